The zero-order valence-electron chi connectivity index (χ0n) is 18.7. The van der Waals surface area contributed by atoms with Gasteiger partial charge in [-0.15, -0.1) is 11.3 Å². The number of thiazole rings is 1. The third-order valence-electron chi connectivity index (χ3n) is 5.92. The molecular formula is C23H28N4O3S2. The van der Waals surface area contributed by atoms with E-state index in [2.05, 4.69) is 36.7 Å². The van der Waals surface area contributed by atoms with Gasteiger partial charge in [-0.3, -0.25) is 4.40 Å². The van der Waals surface area contributed by atoms with Gasteiger partial charge in [0.1, 0.15) is 11.0 Å². The van der Waals surface area contributed by atoms with Gasteiger partial charge in [0.15, 0.2) is 4.96 Å². The van der Waals surface area contributed by atoms with E-state index in [4.69, 9.17) is 0 Å². The Morgan fingerprint density at radius 1 is 1.25 bits per heavy atom. The van der Waals surface area contributed by atoms with E-state index in [1.807, 2.05) is 17.4 Å². The van der Waals surface area contributed by atoms with Gasteiger partial charge in [0.2, 0.25) is 10.0 Å². The molecule has 0 unspecified atom stereocenters. The zero-order chi connectivity index (χ0) is 23.3. The fourth-order valence-corrected chi connectivity index (χ4v) is 6.68. The van der Waals surface area contributed by atoms with Crippen LogP contribution in [0.5, 0.6) is 0 Å². The number of nitrogens with one attached hydrogen (secondary N) is 1. The number of nitrogens with zero attached hydrogens (tertiary/aromatic N) is 3. The van der Waals surface area contributed by atoms with Crippen LogP contribution in [-0.4, -0.2) is 35.1 Å². The topological polar surface area (TPSA) is 107 Å². The molecule has 2 heterocycles. The van der Waals surface area contributed by atoms with Crippen molar-refractivity contribution in [3.63, 3.8) is 0 Å². The molecule has 9 heteroatoms. The molecule has 0 spiro atoms. The highest BCUT2D eigenvalue weighted by atomic mass is 32.2. The van der Waals surface area contributed by atoms with Crippen LogP contribution in [0, 0.1) is 18.3 Å². The van der Waals surface area contributed by atoms with Crippen molar-refractivity contribution in [3.05, 3.63) is 40.5 Å². The third-order valence-corrected chi connectivity index (χ3v) is 8.89. The summed E-state index contributed by atoms with van der Waals surface area (Å²) in [5.41, 5.74) is 2.42. The number of imidazole rings is 1. The summed E-state index contributed by atoms with van der Waals surface area (Å²) in [5, 5.41) is 19.3. The van der Waals surface area contributed by atoms with E-state index < -0.39 is 10.0 Å². The number of aryl methyl sites for hydroxylation is 1. The second-order valence-corrected chi connectivity index (χ2v) is 12.2. The lowest BCUT2D eigenvalue weighted by Crippen LogP contribution is -2.38. The molecule has 0 amide bonds. The van der Waals surface area contributed by atoms with Gasteiger partial charge in [-0.25, -0.2) is 18.1 Å². The van der Waals surface area contributed by atoms with Gasteiger partial charge in [-0.05, 0) is 50.2 Å². The lowest BCUT2D eigenvalue weighted by atomic mass is 9.94. The number of aromatic nitrogens is 2. The largest absolute Gasteiger partial charge is 0.393 e. The average Bonchev–Trinajstić information content (AvgIpc) is 3.26. The van der Waals surface area contributed by atoms with E-state index in [1.54, 1.807) is 29.5 Å². The molecule has 4 rings (SSSR count). The molecule has 1 aliphatic rings. The summed E-state index contributed by atoms with van der Waals surface area (Å²) in [7, 11) is -3.90. The maximum Gasteiger partial charge on any atom is 0.242 e. The van der Waals surface area contributed by atoms with Crippen LogP contribution in [0.3, 0.4) is 0 Å². The van der Waals surface area contributed by atoms with Crippen molar-refractivity contribution in [1.29, 1.82) is 5.26 Å². The molecule has 1 fully saturated rings. The molecule has 1 aliphatic carbocycles. The lowest BCUT2D eigenvalue weighted by molar-refractivity contribution is 0.120. The lowest BCUT2D eigenvalue weighted by Gasteiger charge is -2.26. The minimum atomic E-state index is -3.90. The number of hydrogen-bond donors (Lipinski definition) is 2. The van der Waals surface area contributed by atoms with E-state index in [1.165, 1.54) is 4.88 Å². The standard InChI is InChI=1S/C23H28N4O3S2/c1-14-21(27-13-20(23(2,3)4)31-22(27)25-14)15-5-6-16(12-24)19(11-15)32(29,30)26-17-7-9-18(28)10-8-17/h5-6,11,13,17-18,26,28H,7-10H2,1-4H3/t17-,18+. The number of sulfonamides is 1. The summed E-state index contributed by atoms with van der Waals surface area (Å²) in [5.74, 6) is 0. The molecule has 2 N–H and O–H groups in total. The van der Waals surface area contributed by atoms with Gasteiger partial charge < -0.3 is 5.11 Å². The Hall–Kier alpha value is -2.25. The predicted octanol–water partition coefficient (Wildman–Crippen LogP) is 4.12. The van der Waals surface area contributed by atoms with Crippen LogP contribution < -0.4 is 4.72 Å². The molecule has 7 nitrogen and oxygen atoms in total. The molecule has 2 aromatic heterocycles. The Morgan fingerprint density at radius 2 is 1.94 bits per heavy atom. The van der Waals surface area contributed by atoms with Crippen LogP contribution in [0.15, 0.2) is 29.3 Å². The van der Waals surface area contributed by atoms with Crippen molar-refractivity contribution in [2.75, 3.05) is 0 Å². The second kappa shape index (κ2) is 8.27. The zero-order valence-corrected chi connectivity index (χ0v) is 20.3. The third kappa shape index (κ3) is 4.33. The average molecular weight is 473 g/mol. The Balaban J connectivity index is 1.77. The van der Waals surface area contributed by atoms with Gasteiger partial charge >= 0.3 is 0 Å². The SMILES string of the molecule is Cc1nc2sc(C(C)(C)C)cn2c1-c1ccc(C#N)c(S(=O)(=O)N[C@H]2CC[C@@H](O)CC2)c1. The Bertz CT molecular complexity index is 1300. The molecule has 3 aromatic rings. The highest BCUT2D eigenvalue weighted by Crippen LogP contribution is 2.35. The van der Waals surface area contributed by atoms with E-state index in [9.17, 15) is 18.8 Å². The van der Waals surface area contributed by atoms with E-state index in [0.717, 1.165) is 16.3 Å². The van der Waals surface area contributed by atoms with Gasteiger partial charge in [-0.2, -0.15) is 5.26 Å². The maximum atomic E-state index is 13.2. The first-order valence-electron chi connectivity index (χ1n) is 10.7. The molecular weight excluding hydrogens is 444 g/mol. The number of rotatable bonds is 4. The first-order chi connectivity index (χ1) is 15.0. The predicted molar refractivity (Wildman–Crippen MR) is 125 cm³/mol. The molecule has 1 aromatic carbocycles. The van der Waals surface area contributed by atoms with E-state index in [0.29, 0.717) is 31.2 Å². The minimum absolute atomic E-state index is 0.0206. The maximum absolute atomic E-state index is 13.2. The van der Waals surface area contributed by atoms with Crippen LogP contribution in [0.1, 0.15) is 62.6 Å². The summed E-state index contributed by atoms with van der Waals surface area (Å²) in [6.07, 6.45) is 3.99. The van der Waals surface area contributed by atoms with Crippen molar-refractivity contribution < 1.29 is 13.5 Å². The van der Waals surface area contributed by atoms with Gasteiger partial charge in [0, 0.05) is 22.7 Å². The molecule has 0 bridgehead atoms. The number of nitriles is 1. The molecule has 32 heavy (non-hydrogen) atoms. The fraction of sp³-hybridized carbons (Fsp3) is 0.478. The summed E-state index contributed by atoms with van der Waals surface area (Å²) in [6.45, 7) is 8.34. The minimum Gasteiger partial charge on any atom is -0.393 e. The summed E-state index contributed by atoms with van der Waals surface area (Å²) < 4.78 is 31.2. The normalized spacial score (nSPS) is 19.9. The summed E-state index contributed by atoms with van der Waals surface area (Å²) >= 11 is 1.62. The van der Waals surface area contributed by atoms with Crippen molar-refractivity contribution in [2.45, 2.75) is 75.8 Å². The number of hydrogen-bond acceptors (Lipinski definition) is 6. The smallest absolute Gasteiger partial charge is 0.242 e. The first kappa shape index (κ1) is 22.9. The number of aliphatic hydroxyl groups excluding tert-OH is 1. The molecule has 170 valence electrons. The van der Waals surface area contributed by atoms with Gasteiger partial charge in [0.25, 0.3) is 0 Å². The first-order valence-corrected chi connectivity index (χ1v) is 13.0. The summed E-state index contributed by atoms with van der Waals surface area (Å²) in [6, 6.07) is 6.68. The van der Waals surface area contributed by atoms with Crippen LogP contribution in [0.4, 0.5) is 0 Å². The second-order valence-electron chi connectivity index (χ2n) is 9.49. The molecule has 1 saturated carbocycles. The molecule has 0 aliphatic heterocycles. The summed E-state index contributed by atoms with van der Waals surface area (Å²) in [4.78, 5) is 6.70. The van der Waals surface area contributed by atoms with Crippen LogP contribution in [0.25, 0.3) is 16.2 Å². The Kier molecular flexibility index (Phi) is 5.92. The molecule has 0 saturated heterocycles. The van der Waals surface area contributed by atoms with Crippen molar-refractivity contribution in [3.8, 4) is 17.3 Å². The number of fused-ring (bicyclic) bond motifs is 1. The highest BCUT2D eigenvalue weighted by molar-refractivity contribution is 7.89. The Morgan fingerprint density at radius 3 is 2.56 bits per heavy atom. The van der Waals surface area contributed by atoms with E-state index in [-0.39, 0.29) is 28.0 Å². The van der Waals surface area contributed by atoms with Crippen molar-refractivity contribution in [1.82, 2.24) is 14.1 Å². The van der Waals surface area contributed by atoms with Crippen LogP contribution in [0.2, 0.25) is 0 Å². The van der Waals surface area contributed by atoms with Crippen molar-refractivity contribution >= 4 is 26.3 Å². The fourth-order valence-electron chi connectivity index (χ4n) is 4.11. The van der Waals surface area contributed by atoms with Crippen LogP contribution in [-0.2, 0) is 15.4 Å². The quantitative estimate of drug-likeness (QED) is 0.594. The van der Waals surface area contributed by atoms with E-state index >= 15 is 0 Å². The Labute approximate surface area is 192 Å². The van der Waals surface area contributed by atoms with Gasteiger partial charge in [-0.1, -0.05) is 26.8 Å². The molecule has 0 atom stereocenters. The molecule has 0 radical (unpaired) electrons. The van der Waals surface area contributed by atoms with Crippen molar-refractivity contribution in [2.24, 2.45) is 0 Å². The monoisotopic (exact) mass is 472 g/mol. The number of aliphatic hydroxyl groups is 1. The van der Waals surface area contributed by atoms with Crippen LogP contribution >= 0.6 is 11.3 Å². The highest BCUT2D eigenvalue weighted by Gasteiger charge is 2.28. The van der Waals surface area contributed by atoms with Gasteiger partial charge in [0.05, 0.1) is 23.1 Å². The number of benzene rings is 1.